The van der Waals surface area contributed by atoms with Gasteiger partial charge in [0.1, 0.15) is 22.7 Å². The van der Waals surface area contributed by atoms with Crippen LogP contribution >= 0.6 is 0 Å². The first-order chi connectivity index (χ1) is 16.6. The van der Waals surface area contributed by atoms with Crippen LogP contribution in [0.2, 0.25) is 0 Å². The molecule has 0 bridgehead atoms. The highest BCUT2D eigenvalue weighted by atomic mass is 16.5. The van der Waals surface area contributed by atoms with Gasteiger partial charge in [-0.05, 0) is 49.1 Å². The Bertz CT molecular complexity index is 1180. The molecule has 3 N–H and O–H groups in total. The number of nitrogens with one attached hydrogen (secondary N) is 2. The molecule has 3 aromatic rings. The highest BCUT2D eigenvalue weighted by Crippen LogP contribution is 2.37. The molecule has 2 aromatic heterocycles. The Kier molecular flexibility index (Phi) is 5.49. The Hall–Kier alpha value is -2.98. The number of carbonyl (C=O) groups excluding carboxylic acids is 1. The van der Waals surface area contributed by atoms with Crippen molar-refractivity contribution in [1.82, 2.24) is 30.0 Å². The minimum Gasteiger partial charge on any atom is -0.456 e. The van der Waals surface area contributed by atoms with Crippen LogP contribution in [0.4, 0.5) is 0 Å². The fourth-order valence-electron chi connectivity index (χ4n) is 4.76. The fraction of sp³-hybridized carbons (Fsp3) is 0.440. The fourth-order valence-corrected chi connectivity index (χ4v) is 4.76. The van der Waals surface area contributed by atoms with E-state index in [1.165, 1.54) is 5.56 Å². The second-order valence-electron chi connectivity index (χ2n) is 9.55. The lowest BCUT2D eigenvalue weighted by Gasteiger charge is -2.35. The molecule has 1 atom stereocenters. The zero-order valence-corrected chi connectivity index (χ0v) is 19.1. The first kappa shape index (κ1) is 21.5. The van der Waals surface area contributed by atoms with Crippen molar-refractivity contribution in [2.75, 3.05) is 32.7 Å². The van der Waals surface area contributed by atoms with Gasteiger partial charge in [-0.15, -0.1) is 0 Å². The maximum absolute atomic E-state index is 12.3. The van der Waals surface area contributed by atoms with E-state index in [4.69, 9.17) is 9.72 Å². The van der Waals surface area contributed by atoms with E-state index in [0.29, 0.717) is 32.0 Å². The number of benzene rings is 1. The van der Waals surface area contributed by atoms with Crippen molar-refractivity contribution in [2.45, 2.75) is 37.5 Å². The maximum Gasteiger partial charge on any atom is 0.254 e. The van der Waals surface area contributed by atoms with Gasteiger partial charge in [0.25, 0.3) is 5.91 Å². The van der Waals surface area contributed by atoms with Gasteiger partial charge in [0.05, 0.1) is 11.9 Å². The summed E-state index contributed by atoms with van der Waals surface area (Å²) in [5.41, 5.74) is 8.48. The van der Waals surface area contributed by atoms with Crippen molar-refractivity contribution >= 4 is 11.6 Å². The predicted octanol–water partition coefficient (Wildman–Crippen LogP) is 1.83. The molecule has 178 valence electrons. The van der Waals surface area contributed by atoms with E-state index in [9.17, 15) is 9.90 Å². The third-order valence-electron chi connectivity index (χ3n) is 6.99. The van der Waals surface area contributed by atoms with Crippen molar-refractivity contribution < 1.29 is 14.6 Å². The minimum atomic E-state index is -1.07. The summed E-state index contributed by atoms with van der Waals surface area (Å²) in [6.45, 7) is 4.59. The van der Waals surface area contributed by atoms with Crippen LogP contribution in [-0.4, -0.2) is 68.5 Å². The number of piperazine rings is 1. The number of hydrazine groups is 1. The zero-order valence-electron chi connectivity index (χ0n) is 19.1. The van der Waals surface area contributed by atoms with Crippen LogP contribution in [0.15, 0.2) is 48.8 Å². The van der Waals surface area contributed by atoms with Crippen molar-refractivity contribution in [3.63, 3.8) is 0 Å². The number of imidazole rings is 1. The molecule has 34 heavy (non-hydrogen) atoms. The van der Waals surface area contributed by atoms with Crippen LogP contribution in [0.25, 0.3) is 5.65 Å². The number of ether oxygens (including phenoxy) is 1. The summed E-state index contributed by atoms with van der Waals surface area (Å²) < 4.78 is 8.07. The summed E-state index contributed by atoms with van der Waals surface area (Å²) in [4.78, 5) is 21.2. The van der Waals surface area contributed by atoms with Crippen LogP contribution < -0.4 is 15.6 Å². The Morgan fingerprint density at radius 2 is 1.82 bits per heavy atom. The van der Waals surface area contributed by atoms with Crippen LogP contribution in [0, 0.1) is 0 Å². The van der Waals surface area contributed by atoms with E-state index in [0.717, 1.165) is 55.4 Å². The van der Waals surface area contributed by atoms with Crippen molar-refractivity contribution in [2.24, 2.45) is 0 Å². The molecular formula is C25H30N6O3. The van der Waals surface area contributed by atoms with Crippen LogP contribution in [-0.2, 0) is 11.3 Å². The molecule has 1 unspecified atom stereocenters. The average Bonchev–Trinajstić information content (AvgIpc) is 3.24. The normalized spacial score (nSPS) is 22.3. The predicted molar refractivity (Wildman–Crippen MR) is 126 cm³/mol. The van der Waals surface area contributed by atoms with Gasteiger partial charge < -0.3 is 19.1 Å². The second-order valence-corrected chi connectivity index (χ2v) is 9.55. The number of aliphatic hydroxyl groups is 1. The topological polar surface area (TPSA) is 94.4 Å². The molecule has 4 heterocycles. The number of carbonyl (C=O) groups is 1. The standard InChI is InChI=1S/C25H30N6O3/c32-24(25(33)8-9-25)30-13-11-29(12-14-30)15-19-16-31-17-21(5-6-23(31)27-19)34-20-3-1-18(2-4-20)22-7-10-26-28-22/h1-6,16-17,22,26,28,33H,7-15H2. The van der Waals surface area contributed by atoms with Gasteiger partial charge in [-0.3, -0.25) is 20.5 Å². The summed E-state index contributed by atoms with van der Waals surface area (Å²) in [7, 11) is 0. The lowest BCUT2D eigenvalue weighted by atomic mass is 10.1. The molecule has 3 aliphatic rings. The minimum absolute atomic E-state index is 0.103. The third kappa shape index (κ3) is 4.39. The SMILES string of the molecule is O=C(N1CCN(Cc2cn3cc(Oc4ccc(C5CCNN5)cc4)ccc3n2)CC1)C1(O)CC1. The van der Waals surface area contributed by atoms with Gasteiger partial charge in [0.2, 0.25) is 0 Å². The molecule has 1 aliphatic carbocycles. The Morgan fingerprint density at radius 1 is 1.06 bits per heavy atom. The number of hydrogen-bond donors (Lipinski definition) is 3. The zero-order chi connectivity index (χ0) is 23.1. The third-order valence-corrected chi connectivity index (χ3v) is 6.99. The van der Waals surface area contributed by atoms with Crippen LogP contribution in [0.1, 0.15) is 36.6 Å². The molecular weight excluding hydrogens is 432 g/mol. The molecule has 9 heteroatoms. The van der Waals surface area contributed by atoms with Crippen molar-refractivity contribution in [1.29, 1.82) is 0 Å². The van der Waals surface area contributed by atoms with Gasteiger partial charge >= 0.3 is 0 Å². The molecule has 2 aliphatic heterocycles. The van der Waals surface area contributed by atoms with Gasteiger partial charge in [-0.1, -0.05) is 12.1 Å². The molecule has 0 spiro atoms. The number of pyridine rings is 1. The van der Waals surface area contributed by atoms with Gasteiger partial charge in [0, 0.05) is 51.5 Å². The number of nitrogens with zero attached hydrogens (tertiary/aromatic N) is 4. The van der Waals surface area contributed by atoms with E-state index >= 15 is 0 Å². The molecule has 3 fully saturated rings. The van der Waals surface area contributed by atoms with Crippen LogP contribution in [0.5, 0.6) is 11.5 Å². The highest BCUT2D eigenvalue weighted by molar-refractivity contribution is 5.87. The number of hydrogen-bond acceptors (Lipinski definition) is 7. The van der Waals surface area contributed by atoms with Crippen LogP contribution in [0.3, 0.4) is 0 Å². The largest absolute Gasteiger partial charge is 0.456 e. The first-order valence-electron chi connectivity index (χ1n) is 12.0. The van der Waals surface area contributed by atoms with E-state index < -0.39 is 5.60 Å². The smallest absolute Gasteiger partial charge is 0.254 e. The van der Waals surface area contributed by atoms with Gasteiger partial charge in [-0.25, -0.2) is 4.98 Å². The first-order valence-corrected chi connectivity index (χ1v) is 12.0. The number of aromatic nitrogens is 2. The van der Waals surface area contributed by atoms with Crippen molar-refractivity contribution in [3.8, 4) is 11.5 Å². The summed E-state index contributed by atoms with van der Waals surface area (Å²) in [6, 6.07) is 12.5. The summed E-state index contributed by atoms with van der Waals surface area (Å²) >= 11 is 0. The van der Waals surface area contributed by atoms with E-state index in [2.05, 4.69) is 27.9 Å². The lowest BCUT2D eigenvalue weighted by Crippen LogP contribution is -2.51. The maximum atomic E-state index is 12.3. The van der Waals surface area contributed by atoms with Gasteiger partial charge in [-0.2, -0.15) is 0 Å². The Labute approximate surface area is 198 Å². The molecule has 6 rings (SSSR count). The summed E-state index contributed by atoms with van der Waals surface area (Å²) in [5.74, 6) is 1.46. The molecule has 1 saturated carbocycles. The summed E-state index contributed by atoms with van der Waals surface area (Å²) in [6.07, 6.45) is 6.26. The van der Waals surface area contributed by atoms with E-state index in [1.807, 2.05) is 41.1 Å². The summed E-state index contributed by atoms with van der Waals surface area (Å²) in [5, 5.41) is 10.1. The number of fused-ring (bicyclic) bond motifs is 1. The van der Waals surface area contributed by atoms with E-state index in [-0.39, 0.29) is 5.91 Å². The van der Waals surface area contributed by atoms with Gasteiger partial charge in [0.15, 0.2) is 0 Å². The average molecular weight is 463 g/mol. The molecule has 1 amide bonds. The number of amides is 1. The van der Waals surface area contributed by atoms with E-state index in [1.54, 1.807) is 4.90 Å². The van der Waals surface area contributed by atoms with Crippen molar-refractivity contribution in [3.05, 3.63) is 60.0 Å². The Balaban J connectivity index is 1.07. The molecule has 0 radical (unpaired) electrons. The lowest BCUT2D eigenvalue weighted by molar-refractivity contribution is -0.144. The molecule has 9 nitrogen and oxygen atoms in total. The molecule has 1 aromatic carbocycles. The Morgan fingerprint density at radius 3 is 2.53 bits per heavy atom. The highest BCUT2D eigenvalue weighted by Gasteiger charge is 2.50. The quantitative estimate of drug-likeness (QED) is 0.515. The number of rotatable bonds is 6. The monoisotopic (exact) mass is 462 g/mol. The second kappa shape index (κ2) is 8.66. The molecule has 2 saturated heterocycles.